The van der Waals surface area contributed by atoms with Gasteiger partial charge >= 0.3 is 5.97 Å². The highest BCUT2D eigenvalue weighted by Crippen LogP contribution is 2.56. The molecule has 0 aliphatic carbocycles. The Hall–Kier alpha value is -4.10. The summed E-state index contributed by atoms with van der Waals surface area (Å²) in [6, 6.07) is 21.2. The van der Waals surface area contributed by atoms with Gasteiger partial charge in [0.05, 0.1) is 19.6 Å². The van der Waals surface area contributed by atoms with E-state index in [1.165, 1.54) is 7.11 Å². The Labute approximate surface area is 233 Å². The minimum absolute atomic E-state index is 0.0649. The Morgan fingerprint density at radius 1 is 1.10 bits per heavy atom. The third-order valence-corrected chi connectivity index (χ3v) is 7.96. The predicted octanol–water partition coefficient (Wildman–Crippen LogP) is 6.51. The molecular formula is C33H32O7. The molecule has 206 valence electrons. The molecule has 0 radical (unpaired) electrons. The normalized spacial score (nSPS) is 24.9. The summed E-state index contributed by atoms with van der Waals surface area (Å²) in [5, 5.41) is 11.5. The molecule has 40 heavy (non-hydrogen) atoms. The van der Waals surface area contributed by atoms with Gasteiger partial charge in [0.15, 0.2) is 5.78 Å². The molecule has 4 atom stereocenters. The minimum atomic E-state index is -1.07. The number of carbonyl (C=O) groups excluding carboxylic acids is 2. The van der Waals surface area contributed by atoms with Gasteiger partial charge in [0, 0.05) is 30.4 Å². The van der Waals surface area contributed by atoms with Crippen LogP contribution < -0.4 is 9.47 Å². The Kier molecular flexibility index (Phi) is 7.07. The van der Waals surface area contributed by atoms with Crippen molar-refractivity contribution in [3.63, 3.8) is 0 Å². The maximum absolute atomic E-state index is 13.3. The SMILES string of the molecule is COC(=O)CCC[C@@H]1C[C@H]2C[C@](/C=C/c3ccccc3)(Oc3cc4c(c(O)c32)C(=O)C[C@H](c2ccccc2)O4)O1. The first-order chi connectivity index (χ1) is 19.4. The first kappa shape index (κ1) is 26.1. The Bertz CT molecular complexity index is 1430. The maximum Gasteiger partial charge on any atom is 0.305 e. The number of phenols is 1. The number of fused-ring (bicyclic) bond motifs is 5. The van der Waals surface area contributed by atoms with E-state index in [1.807, 2.05) is 72.8 Å². The van der Waals surface area contributed by atoms with Gasteiger partial charge in [0.2, 0.25) is 5.79 Å². The first-order valence-corrected chi connectivity index (χ1v) is 13.8. The van der Waals surface area contributed by atoms with Gasteiger partial charge in [-0.3, -0.25) is 9.59 Å². The predicted molar refractivity (Wildman–Crippen MR) is 148 cm³/mol. The van der Waals surface area contributed by atoms with Crippen LogP contribution in [0.2, 0.25) is 0 Å². The number of ketones is 1. The number of phenolic OH excluding ortho intramolecular Hbond substituents is 1. The monoisotopic (exact) mass is 540 g/mol. The van der Waals surface area contributed by atoms with Crippen molar-refractivity contribution in [3.8, 4) is 17.2 Å². The van der Waals surface area contributed by atoms with Crippen molar-refractivity contribution in [3.05, 3.63) is 95.1 Å². The quantitative estimate of drug-likeness (QED) is 0.342. The molecule has 0 spiro atoms. The minimum Gasteiger partial charge on any atom is -0.507 e. The highest BCUT2D eigenvalue weighted by atomic mass is 16.7. The van der Waals surface area contributed by atoms with Crippen LogP contribution in [0.15, 0.2) is 72.8 Å². The number of rotatable bonds is 7. The van der Waals surface area contributed by atoms with E-state index in [4.69, 9.17) is 18.9 Å². The van der Waals surface area contributed by atoms with Crippen molar-refractivity contribution in [1.82, 2.24) is 0 Å². The van der Waals surface area contributed by atoms with Gasteiger partial charge in [-0.15, -0.1) is 0 Å². The van der Waals surface area contributed by atoms with Gasteiger partial charge in [-0.1, -0.05) is 66.7 Å². The standard InChI is InChI=1S/C33H32O7/c1-37-29(35)14-8-13-24-17-23-20-33(39-24,16-15-21-9-4-2-5-10-21)40-28-19-27-31(32(36)30(23)28)25(34)18-26(38-27)22-11-6-3-7-12-22/h2-7,9-12,15-16,19,23-24,26,36H,8,13-14,17-18,20H2,1H3/b16-15+/t23-,24+,26+,33-/m0/s1. The summed E-state index contributed by atoms with van der Waals surface area (Å²) in [7, 11) is 1.38. The lowest BCUT2D eigenvalue weighted by molar-refractivity contribution is -0.220. The molecule has 3 aliphatic rings. The van der Waals surface area contributed by atoms with Crippen molar-refractivity contribution in [2.45, 2.75) is 62.4 Å². The molecule has 3 heterocycles. The molecule has 0 amide bonds. The first-order valence-electron chi connectivity index (χ1n) is 13.8. The topological polar surface area (TPSA) is 91.3 Å². The summed E-state index contributed by atoms with van der Waals surface area (Å²) >= 11 is 0. The number of benzene rings is 3. The number of Topliss-reactive ketones (excluding diaryl/α,β-unsaturated/α-hetero) is 1. The van der Waals surface area contributed by atoms with Crippen LogP contribution in [0.4, 0.5) is 0 Å². The molecule has 3 aliphatic heterocycles. The molecule has 1 fully saturated rings. The number of esters is 1. The Morgan fingerprint density at radius 3 is 2.60 bits per heavy atom. The second-order valence-corrected chi connectivity index (χ2v) is 10.7. The molecule has 3 aromatic carbocycles. The van der Waals surface area contributed by atoms with Crippen LogP contribution in [-0.2, 0) is 14.3 Å². The fraction of sp³-hybridized carbons (Fsp3) is 0.333. The summed E-state index contributed by atoms with van der Waals surface area (Å²) in [5.41, 5.74) is 2.75. The van der Waals surface area contributed by atoms with E-state index in [2.05, 4.69) is 0 Å². The average molecular weight is 541 g/mol. The molecule has 2 bridgehead atoms. The van der Waals surface area contributed by atoms with Crippen molar-refractivity contribution >= 4 is 17.8 Å². The van der Waals surface area contributed by atoms with Gasteiger partial charge in [-0.2, -0.15) is 0 Å². The second kappa shape index (κ2) is 10.8. The highest BCUT2D eigenvalue weighted by Gasteiger charge is 2.49. The van der Waals surface area contributed by atoms with Gasteiger partial charge in [-0.25, -0.2) is 0 Å². The third kappa shape index (κ3) is 5.09. The number of hydrogen-bond acceptors (Lipinski definition) is 7. The zero-order chi connectivity index (χ0) is 27.7. The molecule has 3 aromatic rings. The van der Waals surface area contributed by atoms with E-state index >= 15 is 0 Å². The van der Waals surface area contributed by atoms with Crippen LogP contribution in [0, 0.1) is 0 Å². The summed E-state index contributed by atoms with van der Waals surface area (Å²) in [5.74, 6) is -0.876. The summed E-state index contributed by atoms with van der Waals surface area (Å²) in [6.07, 6.45) is 6.08. The summed E-state index contributed by atoms with van der Waals surface area (Å²) < 4.78 is 24.2. The van der Waals surface area contributed by atoms with E-state index < -0.39 is 11.9 Å². The van der Waals surface area contributed by atoms with Gasteiger partial charge < -0.3 is 24.1 Å². The molecule has 6 rings (SSSR count). The number of hydrogen-bond donors (Lipinski definition) is 1. The van der Waals surface area contributed by atoms with Gasteiger partial charge in [0.1, 0.15) is 28.9 Å². The number of aromatic hydroxyl groups is 1. The molecule has 7 nitrogen and oxygen atoms in total. The molecular weight excluding hydrogens is 508 g/mol. The number of carbonyl (C=O) groups is 2. The van der Waals surface area contributed by atoms with Crippen LogP contribution in [0.25, 0.3) is 6.08 Å². The van der Waals surface area contributed by atoms with E-state index in [-0.39, 0.29) is 41.5 Å². The smallest absolute Gasteiger partial charge is 0.305 e. The van der Waals surface area contributed by atoms with Crippen LogP contribution in [0.1, 0.15) is 77.6 Å². The van der Waals surface area contributed by atoms with Crippen LogP contribution in [0.3, 0.4) is 0 Å². The lowest BCUT2D eigenvalue weighted by Gasteiger charge is -2.47. The molecule has 0 aromatic heterocycles. The average Bonchev–Trinajstić information content (AvgIpc) is 2.96. The van der Waals surface area contributed by atoms with Crippen molar-refractivity contribution in [1.29, 1.82) is 0 Å². The summed E-state index contributed by atoms with van der Waals surface area (Å²) in [4.78, 5) is 25.0. The molecule has 1 saturated heterocycles. The molecule has 0 unspecified atom stereocenters. The lowest BCUT2D eigenvalue weighted by Crippen LogP contribution is -2.49. The zero-order valence-corrected chi connectivity index (χ0v) is 22.4. The van der Waals surface area contributed by atoms with E-state index in [0.717, 1.165) is 11.1 Å². The largest absolute Gasteiger partial charge is 0.507 e. The van der Waals surface area contributed by atoms with E-state index in [0.29, 0.717) is 49.2 Å². The Morgan fingerprint density at radius 2 is 1.85 bits per heavy atom. The van der Waals surface area contributed by atoms with E-state index in [1.54, 1.807) is 6.07 Å². The van der Waals surface area contributed by atoms with E-state index in [9.17, 15) is 14.7 Å². The van der Waals surface area contributed by atoms with Crippen molar-refractivity contribution in [2.75, 3.05) is 7.11 Å². The van der Waals surface area contributed by atoms with Crippen LogP contribution >= 0.6 is 0 Å². The van der Waals surface area contributed by atoms with Gasteiger partial charge in [0.25, 0.3) is 0 Å². The fourth-order valence-corrected chi connectivity index (χ4v) is 6.07. The summed E-state index contributed by atoms with van der Waals surface area (Å²) in [6.45, 7) is 0. The zero-order valence-electron chi connectivity index (χ0n) is 22.4. The van der Waals surface area contributed by atoms with Gasteiger partial charge in [-0.05, 0) is 36.5 Å². The molecule has 0 saturated carbocycles. The Balaban J connectivity index is 1.35. The van der Waals surface area contributed by atoms with Crippen molar-refractivity contribution < 1.29 is 33.6 Å². The molecule has 7 heteroatoms. The van der Waals surface area contributed by atoms with Crippen LogP contribution in [-0.4, -0.2) is 35.9 Å². The third-order valence-electron chi connectivity index (χ3n) is 7.96. The maximum atomic E-state index is 13.3. The molecule has 1 N–H and O–H groups in total. The number of methoxy groups -OCH3 is 1. The fourth-order valence-electron chi connectivity index (χ4n) is 6.07. The second-order valence-electron chi connectivity index (χ2n) is 10.7. The lowest BCUT2D eigenvalue weighted by atomic mass is 9.78. The van der Waals surface area contributed by atoms with Crippen LogP contribution in [0.5, 0.6) is 17.2 Å². The highest BCUT2D eigenvalue weighted by molar-refractivity contribution is 6.03. The van der Waals surface area contributed by atoms with Crippen molar-refractivity contribution in [2.24, 2.45) is 0 Å². The number of ether oxygens (including phenoxy) is 4.